The van der Waals surface area contributed by atoms with E-state index in [1.165, 1.54) is 18.9 Å². The van der Waals surface area contributed by atoms with Gasteiger partial charge in [-0.1, -0.05) is 6.07 Å². The van der Waals surface area contributed by atoms with Crippen LogP contribution in [-0.4, -0.2) is 41.7 Å². The lowest BCUT2D eigenvalue weighted by Crippen LogP contribution is -2.36. The molecule has 5 heteroatoms. The van der Waals surface area contributed by atoms with E-state index in [0.29, 0.717) is 23.5 Å². The van der Waals surface area contributed by atoms with Gasteiger partial charge >= 0.3 is 5.97 Å². The fourth-order valence-electron chi connectivity index (χ4n) is 2.15. The molecule has 1 saturated carbocycles. The Labute approximate surface area is 113 Å². The van der Waals surface area contributed by atoms with Crippen LogP contribution in [0.3, 0.4) is 0 Å². The van der Waals surface area contributed by atoms with Gasteiger partial charge < -0.3 is 16.2 Å². The third-order valence-electron chi connectivity index (χ3n) is 3.74. The Bertz CT molecular complexity index is 472. The lowest BCUT2D eigenvalue weighted by molar-refractivity contribution is 0.0698. The van der Waals surface area contributed by atoms with E-state index in [9.17, 15) is 4.79 Å². The SMILES string of the molecule is CC(CNc1cccc(C(=O)O)c1N)N(C)C1CC1. The second kappa shape index (κ2) is 5.48. The summed E-state index contributed by atoms with van der Waals surface area (Å²) in [7, 11) is 2.13. The molecule has 2 rings (SSSR count). The monoisotopic (exact) mass is 263 g/mol. The Morgan fingerprint density at radius 2 is 2.26 bits per heavy atom. The van der Waals surface area contributed by atoms with Gasteiger partial charge in [0, 0.05) is 18.6 Å². The zero-order valence-electron chi connectivity index (χ0n) is 11.4. The summed E-state index contributed by atoms with van der Waals surface area (Å²) in [6.45, 7) is 2.91. The van der Waals surface area contributed by atoms with Gasteiger partial charge in [-0.15, -0.1) is 0 Å². The molecule has 19 heavy (non-hydrogen) atoms. The number of likely N-dealkylation sites (N-methyl/N-ethyl adjacent to an activating group) is 1. The van der Waals surface area contributed by atoms with Crippen molar-refractivity contribution in [2.75, 3.05) is 24.6 Å². The molecule has 1 fully saturated rings. The van der Waals surface area contributed by atoms with Crippen molar-refractivity contribution in [2.45, 2.75) is 31.8 Å². The number of hydrogen-bond acceptors (Lipinski definition) is 4. The minimum Gasteiger partial charge on any atom is -0.478 e. The van der Waals surface area contributed by atoms with E-state index in [0.717, 1.165) is 6.54 Å². The van der Waals surface area contributed by atoms with Crippen LogP contribution in [0.15, 0.2) is 18.2 Å². The molecule has 0 heterocycles. The molecule has 5 nitrogen and oxygen atoms in total. The smallest absolute Gasteiger partial charge is 0.337 e. The van der Waals surface area contributed by atoms with Crippen molar-refractivity contribution in [3.63, 3.8) is 0 Å². The predicted molar refractivity (Wildman–Crippen MR) is 76.6 cm³/mol. The van der Waals surface area contributed by atoms with Gasteiger partial charge in [0.25, 0.3) is 0 Å². The van der Waals surface area contributed by atoms with Crippen molar-refractivity contribution in [3.8, 4) is 0 Å². The van der Waals surface area contributed by atoms with Crippen LogP contribution in [0.1, 0.15) is 30.1 Å². The maximum absolute atomic E-state index is 11.0. The van der Waals surface area contributed by atoms with Gasteiger partial charge in [-0.25, -0.2) is 4.79 Å². The third kappa shape index (κ3) is 3.17. The number of rotatable bonds is 6. The first-order valence-corrected chi connectivity index (χ1v) is 6.58. The number of carboxylic acid groups (broad SMARTS) is 1. The van der Waals surface area contributed by atoms with Crippen molar-refractivity contribution in [3.05, 3.63) is 23.8 Å². The van der Waals surface area contributed by atoms with Crippen molar-refractivity contribution < 1.29 is 9.90 Å². The largest absolute Gasteiger partial charge is 0.478 e. The van der Waals surface area contributed by atoms with Crippen molar-refractivity contribution in [2.24, 2.45) is 0 Å². The van der Waals surface area contributed by atoms with Crippen molar-refractivity contribution >= 4 is 17.3 Å². The number of aromatic carboxylic acids is 1. The van der Waals surface area contributed by atoms with Crippen LogP contribution in [0.4, 0.5) is 11.4 Å². The number of carbonyl (C=O) groups is 1. The lowest BCUT2D eigenvalue weighted by Gasteiger charge is -2.25. The number of nitrogens with two attached hydrogens (primary N) is 1. The minimum absolute atomic E-state index is 0.146. The van der Waals surface area contributed by atoms with E-state index in [2.05, 4.69) is 24.2 Å². The number of nitrogens with zero attached hydrogens (tertiary/aromatic N) is 1. The maximum Gasteiger partial charge on any atom is 0.337 e. The van der Waals surface area contributed by atoms with Gasteiger partial charge in [0.05, 0.1) is 16.9 Å². The Morgan fingerprint density at radius 1 is 1.58 bits per heavy atom. The molecule has 0 bridgehead atoms. The molecule has 1 aromatic rings. The number of carboxylic acids is 1. The van der Waals surface area contributed by atoms with E-state index >= 15 is 0 Å². The van der Waals surface area contributed by atoms with Gasteiger partial charge in [-0.2, -0.15) is 0 Å². The number of benzene rings is 1. The first-order chi connectivity index (χ1) is 9.00. The molecule has 0 radical (unpaired) electrons. The van der Waals surface area contributed by atoms with Gasteiger partial charge in [0.15, 0.2) is 0 Å². The number of para-hydroxylation sites is 1. The highest BCUT2D eigenvalue weighted by Gasteiger charge is 2.28. The number of nitrogen functional groups attached to an aromatic ring is 1. The minimum atomic E-state index is -0.996. The van der Waals surface area contributed by atoms with Gasteiger partial charge in [-0.3, -0.25) is 4.90 Å². The molecule has 1 aliphatic rings. The van der Waals surface area contributed by atoms with Crippen molar-refractivity contribution in [1.82, 2.24) is 4.90 Å². The van der Waals surface area contributed by atoms with Crippen LogP contribution < -0.4 is 11.1 Å². The second-order valence-electron chi connectivity index (χ2n) is 5.20. The Hall–Kier alpha value is -1.75. The first-order valence-electron chi connectivity index (χ1n) is 6.58. The van der Waals surface area contributed by atoms with E-state index in [1.54, 1.807) is 6.07 Å². The van der Waals surface area contributed by atoms with Crippen LogP contribution in [0, 0.1) is 0 Å². The highest BCUT2D eigenvalue weighted by molar-refractivity contribution is 5.97. The average Bonchev–Trinajstić information content (AvgIpc) is 3.20. The van der Waals surface area contributed by atoms with E-state index in [-0.39, 0.29) is 5.56 Å². The summed E-state index contributed by atoms with van der Waals surface area (Å²) in [5.74, 6) is -0.996. The highest BCUT2D eigenvalue weighted by atomic mass is 16.4. The van der Waals surface area contributed by atoms with Crippen molar-refractivity contribution in [1.29, 1.82) is 0 Å². The zero-order valence-corrected chi connectivity index (χ0v) is 11.4. The molecule has 0 aromatic heterocycles. The van der Waals surface area contributed by atoms with E-state index < -0.39 is 5.97 Å². The molecule has 104 valence electrons. The zero-order chi connectivity index (χ0) is 14.0. The molecule has 4 N–H and O–H groups in total. The van der Waals surface area contributed by atoms with Gasteiger partial charge in [0.2, 0.25) is 0 Å². The van der Waals surface area contributed by atoms with Crippen LogP contribution >= 0.6 is 0 Å². The Kier molecular flexibility index (Phi) is 3.95. The summed E-state index contributed by atoms with van der Waals surface area (Å²) < 4.78 is 0. The fraction of sp³-hybridized carbons (Fsp3) is 0.500. The first kappa shape index (κ1) is 13.7. The van der Waals surface area contributed by atoms with E-state index in [4.69, 9.17) is 10.8 Å². The standard InChI is InChI=1S/C14H21N3O2/c1-9(17(2)10-6-7-10)8-16-12-5-3-4-11(13(12)15)14(18)19/h3-5,9-10,16H,6-8,15H2,1-2H3,(H,18,19). The molecule has 0 amide bonds. The molecule has 0 saturated heterocycles. The van der Waals surface area contributed by atoms with E-state index in [1.807, 2.05) is 6.07 Å². The van der Waals surface area contributed by atoms with Gasteiger partial charge in [-0.05, 0) is 38.9 Å². The fourth-order valence-corrected chi connectivity index (χ4v) is 2.15. The molecule has 1 atom stereocenters. The highest BCUT2D eigenvalue weighted by Crippen LogP contribution is 2.27. The summed E-state index contributed by atoms with van der Waals surface area (Å²) in [6, 6.07) is 6.13. The predicted octanol–water partition coefficient (Wildman–Crippen LogP) is 1.86. The molecule has 0 aliphatic heterocycles. The van der Waals surface area contributed by atoms with Crippen LogP contribution in [0.25, 0.3) is 0 Å². The average molecular weight is 263 g/mol. The second-order valence-corrected chi connectivity index (χ2v) is 5.20. The topological polar surface area (TPSA) is 78.6 Å². The Morgan fingerprint density at radius 3 is 2.84 bits per heavy atom. The molecular formula is C14H21N3O2. The maximum atomic E-state index is 11.0. The molecule has 0 spiro atoms. The summed E-state index contributed by atoms with van der Waals surface area (Å²) >= 11 is 0. The van der Waals surface area contributed by atoms with Crippen LogP contribution in [-0.2, 0) is 0 Å². The van der Waals surface area contributed by atoms with Gasteiger partial charge in [0.1, 0.15) is 0 Å². The number of hydrogen-bond donors (Lipinski definition) is 3. The third-order valence-corrected chi connectivity index (χ3v) is 3.74. The number of nitrogens with one attached hydrogen (secondary N) is 1. The van der Waals surface area contributed by atoms with Crippen LogP contribution in [0.2, 0.25) is 0 Å². The molecular weight excluding hydrogens is 242 g/mol. The van der Waals surface area contributed by atoms with Crippen LogP contribution in [0.5, 0.6) is 0 Å². The summed E-state index contributed by atoms with van der Waals surface area (Å²) in [6.07, 6.45) is 2.55. The normalized spacial score (nSPS) is 16.4. The molecule has 1 aromatic carbocycles. The molecule has 1 unspecified atom stereocenters. The molecule has 1 aliphatic carbocycles. The quantitative estimate of drug-likeness (QED) is 0.683. The summed E-state index contributed by atoms with van der Waals surface area (Å²) in [5, 5.41) is 12.3. The lowest BCUT2D eigenvalue weighted by atomic mass is 10.1. The Balaban J connectivity index is 1.99. The number of anilines is 2. The summed E-state index contributed by atoms with van der Waals surface area (Å²) in [4.78, 5) is 13.4. The summed E-state index contributed by atoms with van der Waals surface area (Å²) in [5.41, 5.74) is 7.00.